The molecule has 0 heterocycles. The van der Waals surface area contributed by atoms with Crippen LogP contribution in [0.25, 0.3) is 0 Å². The molecule has 0 saturated heterocycles. The number of rotatable bonds is 7. The van der Waals surface area contributed by atoms with Crippen LogP contribution in [0.15, 0.2) is 30.3 Å². The number of hydrogen-bond acceptors (Lipinski definition) is 3. The molecule has 22 heavy (non-hydrogen) atoms. The molecular weight excluding hydrogens is 274 g/mol. The summed E-state index contributed by atoms with van der Waals surface area (Å²) < 4.78 is 0. The van der Waals surface area contributed by atoms with Gasteiger partial charge in [-0.1, -0.05) is 37.3 Å². The van der Waals surface area contributed by atoms with Crippen LogP contribution in [0.5, 0.6) is 0 Å². The van der Waals surface area contributed by atoms with Gasteiger partial charge in [-0.05, 0) is 44.2 Å². The highest BCUT2D eigenvalue weighted by molar-refractivity contribution is 5.79. The van der Waals surface area contributed by atoms with E-state index in [2.05, 4.69) is 43.1 Å². The summed E-state index contributed by atoms with van der Waals surface area (Å²) in [6, 6.07) is 10.4. The Labute approximate surface area is 134 Å². The van der Waals surface area contributed by atoms with E-state index in [0.717, 1.165) is 38.8 Å². The third-order valence-electron chi connectivity index (χ3n) is 5.14. The van der Waals surface area contributed by atoms with Crippen molar-refractivity contribution < 1.29 is 9.90 Å². The molecule has 1 aromatic rings. The van der Waals surface area contributed by atoms with Crippen LogP contribution in [0, 0.1) is 5.92 Å². The molecule has 122 valence electrons. The first kappa shape index (κ1) is 17.2. The van der Waals surface area contributed by atoms with Crippen LogP contribution in [0.3, 0.4) is 0 Å². The van der Waals surface area contributed by atoms with E-state index in [1.165, 1.54) is 5.56 Å². The molecule has 1 atom stereocenters. The third kappa shape index (κ3) is 4.65. The second-order valence-electron chi connectivity index (χ2n) is 6.74. The summed E-state index contributed by atoms with van der Waals surface area (Å²) >= 11 is 0. The van der Waals surface area contributed by atoms with Crippen molar-refractivity contribution in [2.45, 2.75) is 57.6 Å². The van der Waals surface area contributed by atoms with Gasteiger partial charge in [0.25, 0.3) is 0 Å². The number of hydrogen-bond donors (Lipinski definition) is 1. The summed E-state index contributed by atoms with van der Waals surface area (Å²) in [5, 5.41) is 11.0. The number of benzene rings is 1. The quantitative estimate of drug-likeness (QED) is 0.839. The molecule has 3 nitrogen and oxygen atoms in total. The van der Waals surface area contributed by atoms with E-state index in [9.17, 15) is 9.90 Å². The van der Waals surface area contributed by atoms with Crippen LogP contribution in [0.1, 0.15) is 51.0 Å². The van der Waals surface area contributed by atoms with Gasteiger partial charge in [0, 0.05) is 25.9 Å². The van der Waals surface area contributed by atoms with Crippen LogP contribution in [-0.2, 0) is 11.3 Å². The molecule has 1 fully saturated rings. The summed E-state index contributed by atoms with van der Waals surface area (Å²) in [6.45, 7) is 3.85. The van der Waals surface area contributed by atoms with Crippen molar-refractivity contribution in [2.24, 2.45) is 5.92 Å². The fraction of sp³-hybridized carbons (Fsp3) is 0.632. The normalized spacial score (nSPS) is 19.4. The Morgan fingerprint density at radius 3 is 2.45 bits per heavy atom. The maximum atomic E-state index is 11.4. The lowest BCUT2D eigenvalue weighted by Gasteiger charge is -2.38. The molecule has 2 rings (SSSR count). The molecule has 1 saturated carbocycles. The zero-order valence-electron chi connectivity index (χ0n) is 13.9. The van der Waals surface area contributed by atoms with Gasteiger partial charge in [0.2, 0.25) is 0 Å². The van der Waals surface area contributed by atoms with Crippen LogP contribution in [0.2, 0.25) is 0 Å². The summed E-state index contributed by atoms with van der Waals surface area (Å²) in [4.78, 5) is 13.7. The zero-order valence-corrected chi connectivity index (χ0v) is 13.9. The third-order valence-corrected chi connectivity index (χ3v) is 5.14. The van der Waals surface area contributed by atoms with E-state index >= 15 is 0 Å². The average molecular weight is 303 g/mol. The monoisotopic (exact) mass is 303 g/mol. The summed E-state index contributed by atoms with van der Waals surface area (Å²) in [5.74, 6) is 0.635. The molecule has 1 aliphatic carbocycles. The molecule has 3 heteroatoms. The van der Waals surface area contributed by atoms with E-state index in [0.29, 0.717) is 18.6 Å². The highest BCUT2D eigenvalue weighted by atomic mass is 16.3. The fourth-order valence-corrected chi connectivity index (χ4v) is 3.51. The lowest BCUT2D eigenvalue weighted by atomic mass is 9.73. The molecule has 0 aliphatic heterocycles. The second kappa shape index (κ2) is 7.89. The summed E-state index contributed by atoms with van der Waals surface area (Å²) in [5.41, 5.74) is 0.680. The lowest BCUT2D eigenvalue weighted by Crippen LogP contribution is -2.42. The van der Waals surface area contributed by atoms with Crippen molar-refractivity contribution in [3.63, 3.8) is 0 Å². The average Bonchev–Trinajstić information content (AvgIpc) is 2.54. The lowest BCUT2D eigenvalue weighted by molar-refractivity contribution is -0.124. The highest BCUT2D eigenvalue weighted by Gasteiger charge is 2.36. The Kier molecular flexibility index (Phi) is 6.16. The van der Waals surface area contributed by atoms with Crippen molar-refractivity contribution in [3.8, 4) is 0 Å². The molecule has 0 bridgehead atoms. The Hall–Kier alpha value is -1.19. The van der Waals surface area contributed by atoms with Crippen LogP contribution >= 0.6 is 0 Å². The van der Waals surface area contributed by atoms with E-state index < -0.39 is 5.60 Å². The molecular formula is C19H29NO2. The minimum absolute atomic E-state index is 0.278. The standard InChI is InChI=1S/C19H29NO2/c1-3-19(22,17-9-11-18(21)12-10-17)13-14-20(2)15-16-7-5-4-6-8-16/h4-8,17,22H,3,9-15H2,1-2H3. The van der Waals surface area contributed by atoms with Gasteiger partial charge >= 0.3 is 0 Å². The van der Waals surface area contributed by atoms with Crippen molar-refractivity contribution in [3.05, 3.63) is 35.9 Å². The minimum atomic E-state index is -0.619. The number of aliphatic hydroxyl groups is 1. The molecule has 0 radical (unpaired) electrons. The number of carbonyl (C=O) groups excluding carboxylic acids is 1. The van der Waals surface area contributed by atoms with Gasteiger partial charge in [-0.15, -0.1) is 0 Å². The predicted octanol–water partition coefficient (Wildman–Crippen LogP) is 3.41. The van der Waals surface area contributed by atoms with Crippen molar-refractivity contribution >= 4 is 5.78 Å². The van der Waals surface area contributed by atoms with Gasteiger partial charge in [0.1, 0.15) is 5.78 Å². The molecule has 1 unspecified atom stereocenters. The van der Waals surface area contributed by atoms with Crippen molar-refractivity contribution in [1.82, 2.24) is 4.90 Å². The van der Waals surface area contributed by atoms with E-state index in [4.69, 9.17) is 0 Å². The molecule has 1 aliphatic rings. The molecule has 0 aromatic heterocycles. The highest BCUT2D eigenvalue weighted by Crippen LogP contribution is 2.36. The van der Waals surface area contributed by atoms with E-state index in [1.54, 1.807) is 0 Å². The fourth-order valence-electron chi connectivity index (χ4n) is 3.51. The van der Waals surface area contributed by atoms with Gasteiger partial charge in [-0.2, -0.15) is 0 Å². The smallest absolute Gasteiger partial charge is 0.132 e. The van der Waals surface area contributed by atoms with Gasteiger partial charge < -0.3 is 10.0 Å². The molecule has 1 aromatic carbocycles. The van der Waals surface area contributed by atoms with Gasteiger partial charge in [-0.25, -0.2) is 0 Å². The Balaban J connectivity index is 1.85. The van der Waals surface area contributed by atoms with E-state index in [-0.39, 0.29) is 5.92 Å². The van der Waals surface area contributed by atoms with Gasteiger partial charge in [0.05, 0.1) is 5.60 Å². The SMILES string of the molecule is CCC(O)(CCN(C)Cc1ccccc1)C1CCC(=O)CC1. The maximum absolute atomic E-state index is 11.4. The summed E-state index contributed by atoms with van der Waals surface area (Å²) in [6.07, 6.45) is 4.55. The van der Waals surface area contributed by atoms with Crippen LogP contribution in [0.4, 0.5) is 0 Å². The maximum Gasteiger partial charge on any atom is 0.132 e. The number of nitrogens with zero attached hydrogens (tertiary/aromatic N) is 1. The minimum Gasteiger partial charge on any atom is -0.390 e. The zero-order chi connectivity index (χ0) is 16.0. The van der Waals surface area contributed by atoms with Crippen LogP contribution in [-0.4, -0.2) is 35.0 Å². The van der Waals surface area contributed by atoms with Gasteiger partial charge in [-0.3, -0.25) is 4.79 Å². The summed E-state index contributed by atoms with van der Waals surface area (Å²) in [7, 11) is 2.10. The largest absolute Gasteiger partial charge is 0.390 e. The van der Waals surface area contributed by atoms with Crippen LogP contribution < -0.4 is 0 Å². The number of carbonyl (C=O) groups is 1. The topological polar surface area (TPSA) is 40.5 Å². The van der Waals surface area contributed by atoms with Crippen molar-refractivity contribution in [1.29, 1.82) is 0 Å². The number of Topliss-reactive ketones (excluding diaryl/α,β-unsaturated/α-hetero) is 1. The first-order valence-electron chi connectivity index (χ1n) is 8.50. The first-order chi connectivity index (χ1) is 10.5. The predicted molar refractivity (Wildman–Crippen MR) is 89.6 cm³/mol. The molecule has 1 N–H and O–H groups in total. The first-order valence-corrected chi connectivity index (χ1v) is 8.50. The second-order valence-corrected chi connectivity index (χ2v) is 6.74. The van der Waals surface area contributed by atoms with E-state index in [1.807, 2.05) is 6.07 Å². The Bertz CT molecular complexity index is 464. The Morgan fingerprint density at radius 2 is 1.86 bits per heavy atom. The van der Waals surface area contributed by atoms with Gasteiger partial charge in [0.15, 0.2) is 0 Å². The Morgan fingerprint density at radius 1 is 1.23 bits per heavy atom. The number of ketones is 1. The molecule has 0 spiro atoms. The van der Waals surface area contributed by atoms with Crippen molar-refractivity contribution in [2.75, 3.05) is 13.6 Å². The molecule has 0 amide bonds.